The third-order valence-electron chi connectivity index (χ3n) is 3.55. The monoisotopic (exact) mass is 321 g/mol. The van der Waals surface area contributed by atoms with Crippen molar-refractivity contribution in [3.05, 3.63) is 63.6 Å². The number of halogens is 2. The molecule has 0 saturated carbocycles. The molecule has 1 amide bonds. The summed E-state index contributed by atoms with van der Waals surface area (Å²) in [5.74, 6) is 0.120. The fraction of sp³-hybridized carbons (Fsp3) is 0.235. The zero-order valence-electron chi connectivity index (χ0n) is 12.0. The SMILES string of the molecule is CC[C@H](C)c1ccccc1NC(=O)c1cccc(Cl)c1Cl. The van der Waals surface area contributed by atoms with Crippen molar-refractivity contribution in [3.8, 4) is 0 Å². The number of nitrogens with one attached hydrogen (secondary N) is 1. The highest BCUT2D eigenvalue weighted by atomic mass is 35.5. The van der Waals surface area contributed by atoms with E-state index in [-0.39, 0.29) is 10.9 Å². The Hall–Kier alpha value is -1.51. The zero-order chi connectivity index (χ0) is 15.4. The lowest BCUT2D eigenvalue weighted by Crippen LogP contribution is -2.14. The lowest BCUT2D eigenvalue weighted by molar-refractivity contribution is 0.102. The Morgan fingerprint density at radius 3 is 2.57 bits per heavy atom. The van der Waals surface area contributed by atoms with E-state index in [0.29, 0.717) is 16.5 Å². The lowest BCUT2D eigenvalue weighted by atomic mass is 9.97. The standard InChI is InChI=1S/C17H17Cl2NO/c1-3-11(2)12-7-4-5-10-15(12)20-17(21)13-8-6-9-14(18)16(13)19/h4-11H,3H2,1-2H3,(H,20,21)/t11-/m0/s1. The van der Waals surface area contributed by atoms with E-state index in [1.807, 2.05) is 24.3 Å². The molecule has 0 spiro atoms. The van der Waals surface area contributed by atoms with E-state index in [4.69, 9.17) is 23.2 Å². The van der Waals surface area contributed by atoms with Crippen LogP contribution in [0, 0.1) is 0 Å². The van der Waals surface area contributed by atoms with Crippen molar-refractivity contribution >= 4 is 34.8 Å². The summed E-state index contributed by atoms with van der Waals surface area (Å²) in [5, 5.41) is 3.58. The predicted octanol–water partition coefficient (Wildman–Crippen LogP) is 5.76. The number of hydrogen-bond acceptors (Lipinski definition) is 1. The molecule has 0 heterocycles. The summed E-state index contributed by atoms with van der Waals surface area (Å²) < 4.78 is 0. The van der Waals surface area contributed by atoms with E-state index in [1.54, 1.807) is 18.2 Å². The summed E-state index contributed by atoms with van der Waals surface area (Å²) in [6.07, 6.45) is 1.00. The van der Waals surface area contributed by atoms with Crippen LogP contribution in [0.15, 0.2) is 42.5 Å². The van der Waals surface area contributed by atoms with Crippen LogP contribution in [-0.4, -0.2) is 5.91 Å². The van der Waals surface area contributed by atoms with E-state index in [0.717, 1.165) is 17.7 Å². The molecule has 0 unspecified atom stereocenters. The number of anilines is 1. The quantitative estimate of drug-likeness (QED) is 0.762. The topological polar surface area (TPSA) is 29.1 Å². The van der Waals surface area contributed by atoms with Gasteiger partial charge in [-0.25, -0.2) is 0 Å². The van der Waals surface area contributed by atoms with Gasteiger partial charge in [-0.3, -0.25) is 4.79 Å². The number of hydrogen-bond donors (Lipinski definition) is 1. The Morgan fingerprint density at radius 1 is 1.14 bits per heavy atom. The Labute approximate surface area is 135 Å². The van der Waals surface area contributed by atoms with Crippen LogP contribution in [0.1, 0.15) is 42.1 Å². The van der Waals surface area contributed by atoms with Crippen LogP contribution in [0.25, 0.3) is 0 Å². The average molecular weight is 322 g/mol. The molecule has 1 N–H and O–H groups in total. The summed E-state index contributed by atoms with van der Waals surface area (Å²) in [4.78, 5) is 12.4. The van der Waals surface area contributed by atoms with Gasteiger partial charge in [0, 0.05) is 5.69 Å². The van der Waals surface area contributed by atoms with Crippen LogP contribution in [0.3, 0.4) is 0 Å². The van der Waals surface area contributed by atoms with Crippen molar-refractivity contribution in [2.24, 2.45) is 0 Å². The smallest absolute Gasteiger partial charge is 0.257 e. The van der Waals surface area contributed by atoms with Crippen LogP contribution in [0.4, 0.5) is 5.69 Å². The van der Waals surface area contributed by atoms with Gasteiger partial charge in [0.05, 0.1) is 15.6 Å². The van der Waals surface area contributed by atoms with Gasteiger partial charge in [0.25, 0.3) is 5.91 Å². The number of rotatable bonds is 4. The van der Waals surface area contributed by atoms with E-state index in [1.165, 1.54) is 0 Å². The first-order valence-electron chi connectivity index (χ1n) is 6.88. The summed E-state index contributed by atoms with van der Waals surface area (Å²) in [7, 11) is 0. The summed E-state index contributed by atoms with van der Waals surface area (Å²) in [5.41, 5.74) is 2.31. The molecule has 0 aliphatic heterocycles. The van der Waals surface area contributed by atoms with Crippen LogP contribution in [0.5, 0.6) is 0 Å². The second-order valence-corrected chi connectivity index (χ2v) is 5.74. The van der Waals surface area contributed by atoms with Crippen molar-refractivity contribution < 1.29 is 4.79 Å². The van der Waals surface area contributed by atoms with Crippen molar-refractivity contribution in [3.63, 3.8) is 0 Å². The first-order chi connectivity index (χ1) is 10.0. The molecule has 0 aliphatic carbocycles. The fourth-order valence-electron chi connectivity index (χ4n) is 2.13. The van der Waals surface area contributed by atoms with Crippen LogP contribution < -0.4 is 5.32 Å². The number of para-hydroxylation sites is 1. The molecule has 1 atom stereocenters. The molecular formula is C17H17Cl2NO. The van der Waals surface area contributed by atoms with Crippen molar-refractivity contribution in [2.75, 3.05) is 5.32 Å². The highest BCUT2D eigenvalue weighted by molar-refractivity contribution is 6.44. The molecule has 2 aromatic carbocycles. The van der Waals surface area contributed by atoms with Gasteiger partial charge in [0.2, 0.25) is 0 Å². The second-order valence-electron chi connectivity index (χ2n) is 4.95. The molecule has 2 nitrogen and oxygen atoms in total. The second kappa shape index (κ2) is 6.97. The molecule has 0 radical (unpaired) electrons. The van der Waals surface area contributed by atoms with Crippen LogP contribution in [0.2, 0.25) is 10.0 Å². The third kappa shape index (κ3) is 3.58. The van der Waals surface area contributed by atoms with Gasteiger partial charge in [-0.2, -0.15) is 0 Å². The minimum atomic E-state index is -0.252. The molecule has 0 bridgehead atoms. The van der Waals surface area contributed by atoms with E-state index in [2.05, 4.69) is 19.2 Å². The van der Waals surface area contributed by atoms with Gasteiger partial charge < -0.3 is 5.32 Å². The maximum Gasteiger partial charge on any atom is 0.257 e. The maximum absolute atomic E-state index is 12.4. The number of amides is 1. The number of carbonyl (C=O) groups excluding carboxylic acids is 1. The zero-order valence-corrected chi connectivity index (χ0v) is 13.5. The Kier molecular flexibility index (Phi) is 5.27. The van der Waals surface area contributed by atoms with Crippen LogP contribution >= 0.6 is 23.2 Å². The summed E-state index contributed by atoms with van der Waals surface area (Å²) in [6.45, 7) is 4.26. The predicted molar refractivity (Wildman–Crippen MR) is 89.6 cm³/mol. The van der Waals surface area contributed by atoms with E-state index in [9.17, 15) is 4.79 Å². The third-order valence-corrected chi connectivity index (χ3v) is 4.37. The number of benzene rings is 2. The lowest BCUT2D eigenvalue weighted by Gasteiger charge is -2.16. The van der Waals surface area contributed by atoms with Crippen molar-refractivity contribution in [2.45, 2.75) is 26.2 Å². The van der Waals surface area contributed by atoms with Gasteiger partial charge >= 0.3 is 0 Å². The molecule has 2 aromatic rings. The van der Waals surface area contributed by atoms with Crippen molar-refractivity contribution in [1.29, 1.82) is 0 Å². The van der Waals surface area contributed by atoms with E-state index >= 15 is 0 Å². The van der Waals surface area contributed by atoms with Crippen LogP contribution in [-0.2, 0) is 0 Å². The van der Waals surface area contributed by atoms with Crippen molar-refractivity contribution in [1.82, 2.24) is 0 Å². The first-order valence-corrected chi connectivity index (χ1v) is 7.64. The normalized spacial score (nSPS) is 12.0. The maximum atomic E-state index is 12.4. The van der Waals surface area contributed by atoms with Gasteiger partial charge in [-0.1, -0.05) is 61.3 Å². The van der Waals surface area contributed by atoms with Gasteiger partial charge in [0.15, 0.2) is 0 Å². The fourth-order valence-corrected chi connectivity index (χ4v) is 2.52. The molecular weight excluding hydrogens is 305 g/mol. The Morgan fingerprint density at radius 2 is 1.86 bits per heavy atom. The summed E-state index contributed by atoms with van der Waals surface area (Å²) in [6, 6.07) is 12.8. The van der Waals surface area contributed by atoms with Gasteiger partial charge in [0.1, 0.15) is 0 Å². The highest BCUT2D eigenvalue weighted by Crippen LogP contribution is 2.29. The average Bonchev–Trinajstić information content (AvgIpc) is 2.49. The summed E-state index contributed by atoms with van der Waals surface area (Å²) >= 11 is 12.0. The van der Waals surface area contributed by atoms with Gasteiger partial charge in [-0.15, -0.1) is 0 Å². The molecule has 0 saturated heterocycles. The molecule has 2 rings (SSSR count). The largest absolute Gasteiger partial charge is 0.322 e. The minimum absolute atomic E-state index is 0.252. The molecule has 0 fully saturated rings. The Bertz CT molecular complexity index is 655. The molecule has 21 heavy (non-hydrogen) atoms. The number of carbonyl (C=O) groups is 1. The first kappa shape index (κ1) is 15.9. The minimum Gasteiger partial charge on any atom is -0.322 e. The molecule has 110 valence electrons. The molecule has 0 aromatic heterocycles. The highest BCUT2D eigenvalue weighted by Gasteiger charge is 2.15. The molecule has 0 aliphatic rings. The van der Waals surface area contributed by atoms with Gasteiger partial charge in [-0.05, 0) is 36.1 Å². The Balaban J connectivity index is 2.30. The molecule has 4 heteroatoms. The van der Waals surface area contributed by atoms with E-state index < -0.39 is 0 Å².